The van der Waals surface area contributed by atoms with Crippen LogP contribution in [0.25, 0.3) is 0 Å². The van der Waals surface area contributed by atoms with E-state index < -0.39 is 10.0 Å². The number of halogens is 1. The highest BCUT2D eigenvalue weighted by molar-refractivity contribution is 7.89. The number of carbonyl (C=O) groups is 1. The molecular weight excluding hydrogens is 360 g/mol. The van der Waals surface area contributed by atoms with E-state index in [1.807, 2.05) is 18.2 Å². The summed E-state index contributed by atoms with van der Waals surface area (Å²) in [5.74, 6) is -0.279. The average molecular weight is 379 g/mol. The summed E-state index contributed by atoms with van der Waals surface area (Å²) in [6.45, 7) is 1.64. The Kier molecular flexibility index (Phi) is 4.86. The fraction of sp³-hybridized carbons (Fsp3) is 0.278. The number of carbonyl (C=O) groups excluding carboxylic acids is 1. The Morgan fingerprint density at radius 3 is 2.72 bits per heavy atom. The molecule has 0 aliphatic heterocycles. The molecule has 132 valence electrons. The Morgan fingerprint density at radius 1 is 1.24 bits per heavy atom. The van der Waals surface area contributed by atoms with Crippen molar-refractivity contribution >= 4 is 27.5 Å². The van der Waals surface area contributed by atoms with E-state index in [9.17, 15) is 13.2 Å². The van der Waals surface area contributed by atoms with Crippen molar-refractivity contribution in [3.05, 3.63) is 63.7 Å². The molecule has 25 heavy (non-hydrogen) atoms. The molecule has 1 atom stereocenters. The van der Waals surface area contributed by atoms with Crippen molar-refractivity contribution in [3.63, 3.8) is 0 Å². The Balaban J connectivity index is 1.88. The second-order valence-electron chi connectivity index (χ2n) is 6.04. The number of rotatable bonds is 4. The maximum Gasteiger partial charge on any atom is 0.252 e. The van der Waals surface area contributed by atoms with Gasteiger partial charge < -0.3 is 5.32 Å². The second-order valence-corrected chi connectivity index (χ2v) is 8.34. The molecule has 0 spiro atoms. The summed E-state index contributed by atoms with van der Waals surface area (Å²) in [5.41, 5.74) is 3.00. The van der Waals surface area contributed by atoms with Crippen LogP contribution in [0.1, 0.15) is 39.5 Å². The second kappa shape index (κ2) is 6.78. The van der Waals surface area contributed by atoms with E-state index in [0.29, 0.717) is 16.1 Å². The van der Waals surface area contributed by atoms with Gasteiger partial charge in [0.05, 0.1) is 10.9 Å². The molecule has 1 aliphatic rings. The van der Waals surface area contributed by atoms with Crippen molar-refractivity contribution in [2.45, 2.75) is 30.7 Å². The van der Waals surface area contributed by atoms with Crippen LogP contribution in [0, 0.1) is 6.92 Å². The van der Waals surface area contributed by atoms with E-state index >= 15 is 0 Å². The van der Waals surface area contributed by atoms with Crippen LogP contribution in [0.4, 0.5) is 0 Å². The highest BCUT2D eigenvalue weighted by Crippen LogP contribution is 2.33. The number of aryl methyl sites for hydroxylation is 1. The molecular formula is C18H19ClN2O3S. The minimum absolute atomic E-state index is 0.0938. The maximum atomic E-state index is 12.7. The molecule has 0 fully saturated rings. The number of benzene rings is 2. The first-order valence-corrected chi connectivity index (χ1v) is 9.82. The minimum atomic E-state index is -3.61. The van der Waals surface area contributed by atoms with Crippen molar-refractivity contribution in [2.75, 3.05) is 7.05 Å². The summed E-state index contributed by atoms with van der Waals surface area (Å²) >= 11 is 6.02. The normalized spacial score (nSPS) is 16.5. The van der Waals surface area contributed by atoms with Gasteiger partial charge in [-0.1, -0.05) is 23.7 Å². The molecule has 0 radical (unpaired) electrons. The van der Waals surface area contributed by atoms with E-state index in [0.717, 1.165) is 24.0 Å². The van der Waals surface area contributed by atoms with Gasteiger partial charge in [-0.2, -0.15) is 0 Å². The SMILES string of the molecule is CNS(=O)(=O)c1cccc(C(=O)N[C@@H]2CCc3cc(Cl)ccc32)c1C. The Hall–Kier alpha value is -1.89. The van der Waals surface area contributed by atoms with Gasteiger partial charge in [-0.05, 0) is 67.8 Å². The largest absolute Gasteiger partial charge is 0.345 e. The quantitative estimate of drug-likeness (QED) is 0.858. The van der Waals surface area contributed by atoms with Crippen LogP contribution in [0.5, 0.6) is 0 Å². The molecule has 1 aliphatic carbocycles. The zero-order valence-corrected chi connectivity index (χ0v) is 15.5. The lowest BCUT2D eigenvalue weighted by Gasteiger charge is -2.16. The fourth-order valence-electron chi connectivity index (χ4n) is 3.23. The molecule has 0 saturated carbocycles. The summed E-state index contributed by atoms with van der Waals surface area (Å²) in [7, 11) is -2.26. The Morgan fingerprint density at radius 2 is 2.00 bits per heavy atom. The summed E-state index contributed by atoms with van der Waals surface area (Å²) in [6, 6.07) is 10.3. The third-order valence-electron chi connectivity index (χ3n) is 4.58. The molecule has 0 heterocycles. The summed E-state index contributed by atoms with van der Waals surface area (Å²) in [5, 5.41) is 3.70. The van der Waals surface area contributed by atoms with E-state index in [2.05, 4.69) is 10.0 Å². The zero-order chi connectivity index (χ0) is 18.2. The third kappa shape index (κ3) is 3.42. The smallest absolute Gasteiger partial charge is 0.252 e. The van der Waals surface area contributed by atoms with Crippen LogP contribution in [0.2, 0.25) is 5.02 Å². The first-order chi connectivity index (χ1) is 11.8. The lowest BCUT2D eigenvalue weighted by atomic mass is 10.1. The topological polar surface area (TPSA) is 75.3 Å². The molecule has 2 aromatic carbocycles. The van der Waals surface area contributed by atoms with Gasteiger partial charge in [0.15, 0.2) is 0 Å². The van der Waals surface area contributed by atoms with Crippen LogP contribution in [0.3, 0.4) is 0 Å². The predicted octanol–water partition coefficient (Wildman–Crippen LogP) is 2.97. The molecule has 2 aromatic rings. The van der Waals surface area contributed by atoms with Crippen molar-refractivity contribution in [2.24, 2.45) is 0 Å². The van der Waals surface area contributed by atoms with Crippen molar-refractivity contribution in [1.82, 2.24) is 10.0 Å². The molecule has 0 saturated heterocycles. The summed E-state index contributed by atoms with van der Waals surface area (Å²) in [4.78, 5) is 12.8. The van der Waals surface area contributed by atoms with Gasteiger partial charge >= 0.3 is 0 Å². The van der Waals surface area contributed by atoms with Gasteiger partial charge in [-0.3, -0.25) is 4.79 Å². The number of hydrogen-bond acceptors (Lipinski definition) is 3. The predicted molar refractivity (Wildman–Crippen MR) is 97.4 cm³/mol. The number of amides is 1. The monoisotopic (exact) mass is 378 g/mol. The molecule has 5 nitrogen and oxygen atoms in total. The Labute approximate surface area is 152 Å². The fourth-order valence-corrected chi connectivity index (χ4v) is 4.42. The molecule has 3 rings (SSSR count). The van der Waals surface area contributed by atoms with Gasteiger partial charge in [0, 0.05) is 10.6 Å². The highest BCUT2D eigenvalue weighted by Gasteiger charge is 2.26. The van der Waals surface area contributed by atoms with Crippen molar-refractivity contribution < 1.29 is 13.2 Å². The highest BCUT2D eigenvalue weighted by atomic mass is 35.5. The van der Waals surface area contributed by atoms with E-state index in [-0.39, 0.29) is 16.8 Å². The molecule has 0 aromatic heterocycles. The molecule has 7 heteroatoms. The summed E-state index contributed by atoms with van der Waals surface area (Å²) < 4.78 is 26.4. The maximum absolute atomic E-state index is 12.7. The van der Waals surface area contributed by atoms with Crippen LogP contribution in [-0.2, 0) is 16.4 Å². The number of hydrogen-bond donors (Lipinski definition) is 2. The lowest BCUT2D eigenvalue weighted by Crippen LogP contribution is -2.28. The van der Waals surface area contributed by atoms with Gasteiger partial charge in [0.25, 0.3) is 5.91 Å². The zero-order valence-electron chi connectivity index (χ0n) is 14.0. The van der Waals surface area contributed by atoms with Gasteiger partial charge in [-0.25, -0.2) is 13.1 Å². The van der Waals surface area contributed by atoms with Crippen LogP contribution in [0.15, 0.2) is 41.3 Å². The van der Waals surface area contributed by atoms with Crippen LogP contribution < -0.4 is 10.0 Å². The first kappa shape index (κ1) is 17.9. The number of nitrogens with one attached hydrogen (secondary N) is 2. The number of sulfonamides is 1. The van der Waals surface area contributed by atoms with E-state index in [1.54, 1.807) is 19.1 Å². The molecule has 2 N–H and O–H groups in total. The molecule has 1 amide bonds. The Bertz CT molecular complexity index is 941. The van der Waals surface area contributed by atoms with Crippen molar-refractivity contribution in [3.8, 4) is 0 Å². The van der Waals surface area contributed by atoms with Crippen LogP contribution >= 0.6 is 11.6 Å². The minimum Gasteiger partial charge on any atom is -0.345 e. The van der Waals surface area contributed by atoms with E-state index in [4.69, 9.17) is 11.6 Å². The summed E-state index contributed by atoms with van der Waals surface area (Å²) in [6.07, 6.45) is 1.66. The molecule has 0 bridgehead atoms. The number of fused-ring (bicyclic) bond motifs is 1. The average Bonchev–Trinajstić information content (AvgIpc) is 2.96. The lowest BCUT2D eigenvalue weighted by molar-refractivity contribution is 0.0936. The first-order valence-electron chi connectivity index (χ1n) is 7.96. The van der Waals surface area contributed by atoms with Gasteiger partial charge in [0.1, 0.15) is 0 Å². The third-order valence-corrected chi connectivity index (χ3v) is 6.37. The standard InChI is InChI=1S/C18H19ClN2O3S/c1-11-14(4-3-5-17(11)25(23,24)20-2)18(22)21-16-9-6-12-10-13(19)7-8-15(12)16/h3-5,7-8,10,16,20H,6,9H2,1-2H3,(H,21,22)/t16-/m1/s1. The van der Waals surface area contributed by atoms with Crippen LogP contribution in [-0.4, -0.2) is 21.4 Å². The van der Waals surface area contributed by atoms with Gasteiger partial charge in [-0.15, -0.1) is 0 Å². The van der Waals surface area contributed by atoms with Gasteiger partial charge in [0.2, 0.25) is 10.0 Å². The van der Waals surface area contributed by atoms with E-state index in [1.165, 1.54) is 13.1 Å². The molecule has 0 unspecified atom stereocenters. The van der Waals surface area contributed by atoms with Crippen molar-refractivity contribution in [1.29, 1.82) is 0 Å².